The van der Waals surface area contributed by atoms with Gasteiger partial charge in [-0.2, -0.15) is 0 Å². The summed E-state index contributed by atoms with van der Waals surface area (Å²) in [5.41, 5.74) is 2.50. The van der Waals surface area contributed by atoms with E-state index >= 15 is 0 Å². The Labute approximate surface area is 164 Å². The summed E-state index contributed by atoms with van der Waals surface area (Å²) in [6.45, 7) is 3.75. The molecule has 148 valence electrons. The number of carbonyl (C=O) groups is 2. The molecule has 2 atom stereocenters. The minimum Gasteiger partial charge on any atom is -0.394 e. The monoisotopic (exact) mass is 382 g/mol. The van der Waals surface area contributed by atoms with Gasteiger partial charge in [0, 0.05) is 34.6 Å². The molecule has 4 N–H and O–H groups in total. The van der Waals surface area contributed by atoms with Gasteiger partial charge in [0.2, 0.25) is 0 Å². The van der Waals surface area contributed by atoms with Crippen LogP contribution in [0.4, 0.5) is 11.4 Å². The molecule has 0 aromatic heterocycles. The summed E-state index contributed by atoms with van der Waals surface area (Å²) < 4.78 is 0. The molecule has 0 heterocycles. The Hall–Kier alpha value is -2.70. The van der Waals surface area contributed by atoms with Gasteiger partial charge < -0.3 is 20.8 Å². The Balaban J connectivity index is 2.08. The highest BCUT2D eigenvalue weighted by Gasteiger charge is 2.34. The third-order valence-electron chi connectivity index (χ3n) is 5.22. The van der Waals surface area contributed by atoms with Gasteiger partial charge in [0.05, 0.1) is 24.3 Å². The molecule has 0 saturated carbocycles. The summed E-state index contributed by atoms with van der Waals surface area (Å²) >= 11 is 0. The molecule has 0 spiro atoms. The summed E-state index contributed by atoms with van der Waals surface area (Å²) in [6.07, 6.45) is 1.37. The van der Waals surface area contributed by atoms with Crippen LogP contribution in [-0.2, 0) is 0 Å². The summed E-state index contributed by atoms with van der Waals surface area (Å²) in [6, 6.07) is 9.91. The van der Waals surface area contributed by atoms with Gasteiger partial charge in [0.1, 0.15) is 0 Å². The molecule has 2 unspecified atom stereocenters. The van der Waals surface area contributed by atoms with Crippen molar-refractivity contribution in [1.29, 1.82) is 0 Å². The maximum absolute atomic E-state index is 13.3. The number of aliphatic hydroxyl groups excluding tert-OH is 2. The second-order valence-electron chi connectivity index (χ2n) is 6.98. The van der Waals surface area contributed by atoms with Crippen molar-refractivity contribution in [2.24, 2.45) is 0 Å². The molecule has 0 amide bonds. The maximum atomic E-state index is 13.3. The van der Waals surface area contributed by atoms with Crippen LogP contribution in [0, 0.1) is 0 Å². The van der Waals surface area contributed by atoms with Crippen molar-refractivity contribution < 1.29 is 19.8 Å². The first kappa shape index (κ1) is 20.0. The van der Waals surface area contributed by atoms with Crippen LogP contribution in [-0.4, -0.2) is 47.1 Å². The van der Waals surface area contributed by atoms with Gasteiger partial charge in [-0.1, -0.05) is 38.1 Å². The van der Waals surface area contributed by atoms with E-state index in [2.05, 4.69) is 10.6 Å². The lowest BCUT2D eigenvalue weighted by Crippen LogP contribution is -2.29. The predicted octanol–water partition coefficient (Wildman–Crippen LogP) is 2.83. The highest BCUT2D eigenvalue weighted by molar-refractivity contribution is 6.31. The van der Waals surface area contributed by atoms with Crippen LogP contribution in [0.3, 0.4) is 0 Å². The third-order valence-corrected chi connectivity index (χ3v) is 5.22. The Morgan fingerprint density at radius 1 is 0.750 bits per heavy atom. The van der Waals surface area contributed by atoms with Crippen LogP contribution in [0.25, 0.3) is 0 Å². The number of ketones is 2. The van der Waals surface area contributed by atoms with Crippen molar-refractivity contribution in [2.75, 3.05) is 23.8 Å². The first-order chi connectivity index (χ1) is 13.5. The topological polar surface area (TPSA) is 98.7 Å². The fourth-order valence-corrected chi connectivity index (χ4v) is 3.48. The van der Waals surface area contributed by atoms with E-state index < -0.39 is 0 Å². The molecule has 2 aromatic rings. The number of fused-ring (bicyclic) bond motifs is 2. The average Bonchev–Trinajstić information content (AvgIpc) is 2.73. The Kier molecular flexibility index (Phi) is 6.11. The molecule has 6 heteroatoms. The van der Waals surface area contributed by atoms with Crippen molar-refractivity contribution in [1.82, 2.24) is 0 Å². The zero-order valence-electron chi connectivity index (χ0n) is 16.2. The zero-order valence-corrected chi connectivity index (χ0v) is 16.2. The molecule has 3 rings (SSSR count). The number of hydrogen-bond acceptors (Lipinski definition) is 6. The van der Waals surface area contributed by atoms with E-state index in [1.165, 1.54) is 0 Å². The van der Waals surface area contributed by atoms with E-state index in [0.29, 0.717) is 46.5 Å². The van der Waals surface area contributed by atoms with Crippen molar-refractivity contribution in [3.05, 3.63) is 58.7 Å². The Bertz CT molecular complexity index is 813. The third kappa shape index (κ3) is 3.53. The molecule has 0 bridgehead atoms. The van der Waals surface area contributed by atoms with Crippen LogP contribution in [0.2, 0.25) is 0 Å². The zero-order chi connectivity index (χ0) is 20.3. The van der Waals surface area contributed by atoms with Crippen LogP contribution >= 0.6 is 0 Å². The van der Waals surface area contributed by atoms with Gasteiger partial charge in [-0.15, -0.1) is 0 Å². The van der Waals surface area contributed by atoms with Gasteiger partial charge in [0.15, 0.2) is 11.6 Å². The molecular weight excluding hydrogens is 356 g/mol. The van der Waals surface area contributed by atoms with Crippen molar-refractivity contribution in [3.63, 3.8) is 0 Å². The molecule has 2 aromatic carbocycles. The number of rotatable bonds is 8. The van der Waals surface area contributed by atoms with Crippen LogP contribution in [0.5, 0.6) is 0 Å². The Morgan fingerprint density at radius 3 is 1.46 bits per heavy atom. The van der Waals surface area contributed by atoms with E-state index in [-0.39, 0.29) is 36.9 Å². The van der Waals surface area contributed by atoms with E-state index in [0.717, 1.165) is 0 Å². The molecule has 1 aliphatic carbocycles. The molecule has 28 heavy (non-hydrogen) atoms. The molecule has 0 aliphatic heterocycles. The van der Waals surface area contributed by atoms with Crippen LogP contribution in [0.1, 0.15) is 58.5 Å². The predicted molar refractivity (Wildman–Crippen MR) is 109 cm³/mol. The van der Waals surface area contributed by atoms with E-state index in [4.69, 9.17) is 0 Å². The largest absolute Gasteiger partial charge is 0.394 e. The molecular formula is C22H26N2O4. The van der Waals surface area contributed by atoms with E-state index in [1.807, 2.05) is 13.8 Å². The highest BCUT2D eigenvalue weighted by atomic mass is 16.3. The van der Waals surface area contributed by atoms with E-state index in [9.17, 15) is 19.8 Å². The lowest BCUT2D eigenvalue weighted by molar-refractivity contribution is 0.0980. The fourth-order valence-electron chi connectivity index (χ4n) is 3.48. The summed E-state index contributed by atoms with van der Waals surface area (Å²) in [4.78, 5) is 26.6. The van der Waals surface area contributed by atoms with Crippen molar-refractivity contribution in [2.45, 2.75) is 38.8 Å². The van der Waals surface area contributed by atoms with Crippen molar-refractivity contribution in [3.8, 4) is 0 Å². The number of anilines is 2. The number of nitrogens with one attached hydrogen (secondary N) is 2. The highest BCUT2D eigenvalue weighted by Crippen LogP contribution is 2.35. The number of benzene rings is 2. The SMILES string of the molecule is CCC(CO)Nc1cccc2c1C(=O)c1cccc(NC(CC)CO)c1C2=O. The molecule has 0 saturated heterocycles. The summed E-state index contributed by atoms with van der Waals surface area (Å²) in [5, 5.41) is 25.3. The first-order valence-electron chi connectivity index (χ1n) is 9.65. The molecule has 0 fully saturated rings. The summed E-state index contributed by atoms with van der Waals surface area (Å²) in [5.74, 6) is -0.442. The van der Waals surface area contributed by atoms with Gasteiger partial charge in [-0.25, -0.2) is 0 Å². The average molecular weight is 382 g/mol. The number of hydrogen-bond donors (Lipinski definition) is 4. The van der Waals surface area contributed by atoms with Gasteiger partial charge in [0.25, 0.3) is 0 Å². The van der Waals surface area contributed by atoms with Gasteiger partial charge in [-0.05, 0) is 25.0 Å². The lowest BCUT2D eigenvalue weighted by Gasteiger charge is -2.26. The number of carbonyl (C=O) groups excluding carboxylic acids is 2. The fraction of sp³-hybridized carbons (Fsp3) is 0.364. The van der Waals surface area contributed by atoms with E-state index in [1.54, 1.807) is 36.4 Å². The van der Waals surface area contributed by atoms with Crippen LogP contribution in [0.15, 0.2) is 36.4 Å². The maximum Gasteiger partial charge on any atom is 0.196 e. The first-order valence-corrected chi connectivity index (χ1v) is 9.65. The quantitative estimate of drug-likeness (QED) is 0.478. The lowest BCUT2D eigenvalue weighted by atomic mass is 9.82. The second kappa shape index (κ2) is 8.54. The molecule has 0 radical (unpaired) electrons. The van der Waals surface area contributed by atoms with Gasteiger partial charge >= 0.3 is 0 Å². The smallest absolute Gasteiger partial charge is 0.196 e. The van der Waals surface area contributed by atoms with Gasteiger partial charge in [-0.3, -0.25) is 9.59 Å². The molecule has 6 nitrogen and oxygen atoms in total. The van der Waals surface area contributed by atoms with Crippen LogP contribution < -0.4 is 10.6 Å². The normalized spacial score (nSPS) is 14.9. The summed E-state index contributed by atoms with van der Waals surface area (Å²) in [7, 11) is 0. The molecule has 1 aliphatic rings. The van der Waals surface area contributed by atoms with Crippen molar-refractivity contribution >= 4 is 22.9 Å². The Morgan fingerprint density at radius 2 is 1.14 bits per heavy atom. The minimum atomic E-state index is -0.221. The number of aliphatic hydroxyl groups is 2. The standard InChI is InChI=1S/C22H26N2O4/c1-3-13(11-25)23-17-9-5-7-15-19(17)21(27)16-8-6-10-18(20(16)22(15)28)24-14(4-2)12-26/h5-10,13-14,23-26H,3-4,11-12H2,1-2H3. The second-order valence-corrected chi connectivity index (χ2v) is 6.98. The minimum absolute atomic E-state index is 0.0630.